The van der Waals surface area contributed by atoms with Gasteiger partial charge in [0.15, 0.2) is 5.78 Å². The predicted octanol–water partition coefficient (Wildman–Crippen LogP) is 4.17. The molecule has 1 aromatic rings. The van der Waals surface area contributed by atoms with Crippen LogP contribution in [0.2, 0.25) is 0 Å². The van der Waals surface area contributed by atoms with Crippen molar-refractivity contribution in [1.29, 1.82) is 0 Å². The third kappa shape index (κ3) is 3.71. The minimum absolute atomic E-state index is 0.407. The first-order valence-electron chi connectivity index (χ1n) is 5.34. The fourth-order valence-electron chi connectivity index (χ4n) is 1.59. The fraction of sp³-hybridized carbons (Fsp3) is 0.417. The lowest BCUT2D eigenvalue weighted by atomic mass is 9.95. The lowest BCUT2D eigenvalue weighted by molar-refractivity contribution is -0.264. The number of benzene rings is 1. The molecular formula is C12H10F6O. The van der Waals surface area contributed by atoms with Crippen LogP contribution in [0, 0.1) is 5.92 Å². The van der Waals surface area contributed by atoms with Crippen LogP contribution in [-0.4, -0.2) is 18.1 Å². The Bertz CT molecular complexity index is 446. The normalized spacial score (nSPS) is 12.8. The topological polar surface area (TPSA) is 17.1 Å². The summed E-state index contributed by atoms with van der Waals surface area (Å²) in [6.07, 6.45) is -10.9. The van der Waals surface area contributed by atoms with Crippen molar-refractivity contribution in [2.24, 2.45) is 5.92 Å². The van der Waals surface area contributed by atoms with Gasteiger partial charge in [-0.2, -0.15) is 26.3 Å². The highest BCUT2D eigenvalue weighted by atomic mass is 19.4. The van der Waals surface area contributed by atoms with Gasteiger partial charge in [0, 0.05) is 5.56 Å². The van der Waals surface area contributed by atoms with Gasteiger partial charge in [-0.1, -0.05) is 25.1 Å². The molecule has 0 spiro atoms. The first-order chi connectivity index (χ1) is 8.57. The second kappa shape index (κ2) is 5.22. The number of hydrogen-bond acceptors (Lipinski definition) is 1. The third-order valence-electron chi connectivity index (χ3n) is 2.54. The number of hydrogen-bond donors (Lipinski definition) is 0. The molecule has 0 heterocycles. The number of carbonyl (C=O) groups excluding carboxylic acids is 1. The molecule has 0 radical (unpaired) electrons. The Morgan fingerprint density at radius 3 is 2.05 bits per heavy atom. The number of carbonyl (C=O) groups is 1. The maximum Gasteiger partial charge on any atom is 0.407 e. The predicted molar refractivity (Wildman–Crippen MR) is 55.8 cm³/mol. The van der Waals surface area contributed by atoms with Crippen LogP contribution >= 0.6 is 0 Å². The van der Waals surface area contributed by atoms with E-state index in [1.165, 1.54) is 12.1 Å². The van der Waals surface area contributed by atoms with Crippen LogP contribution < -0.4 is 0 Å². The summed E-state index contributed by atoms with van der Waals surface area (Å²) in [4.78, 5) is 11.5. The quantitative estimate of drug-likeness (QED) is 0.601. The summed E-state index contributed by atoms with van der Waals surface area (Å²) in [5.74, 6) is -5.96. The highest BCUT2D eigenvalue weighted by Crippen LogP contribution is 2.41. The molecule has 0 aliphatic carbocycles. The molecule has 0 aliphatic heterocycles. The number of alkyl halides is 6. The molecule has 0 bridgehead atoms. The van der Waals surface area contributed by atoms with Crippen molar-refractivity contribution in [2.75, 3.05) is 0 Å². The molecule has 0 atom stereocenters. The molecule has 1 nitrogen and oxygen atoms in total. The SMILES string of the molecule is CCc1cccc(C(=O)C(C(F)(F)F)C(F)(F)F)c1. The van der Waals surface area contributed by atoms with Crippen molar-refractivity contribution >= 4 is 5.78 Å². The van der Waals surface area contributed by atoms with Crippen molar-refractivity contribution in [3.05, 3.63) is 35.4 Å². The lowest BCUT2D eigenvalue weighted by Gasteiger charge is -2.21. The van der Waals surface area contributed by atoms with Crippen molar-refractivity contribution in [2.45, 2.75) is 25.7 Å². The maximum absolute atomic E-state index is 12.4. The molecule has 0 saturated carbocycles. The van der Waals surface area contributed by atoms with Gasteiger partial charge in [-0.3, -0.25) is 4.79 Å². The Hall–Kier alpha value is -1.53. The van der Waals surface area contributed by atoms with Gasteiger partial charge in [-0.25, -0.2) is 0 Å². The van der Waals surface area contributed by atoms with Crippen molar-refractivity contribution < 1.29 is 31.1 Å². The lowest BCUT2D eigenvalue weighted by Crippen LogP contribution is -2.42. The molecule has 1 aromatic carbocycles. The number of halogens is 6. The molecule has 1 rings (SSSR count). The Balaban J connectivity index is 3.20. The molecule has 0 fully saturated rings. The summed E-state index contributed by atoms with van der Waals surface area (Å²) in [7, 11) is 0. The van der Waals surface area contributed by atoms with E-state index in [1.54, 1.807) is 6.92 Å². The second-order valence-electron chi connectivity index (χ2n) is 3.93. The standard InChI is InChI=1S/C12H10F6O/c1-2-7-4-3-5-8(6-7)9(19)10(11(13,14)15)12(16,17)18/h3-6,10H,2H2,1H3. The Kier molecular flexibility index (Phi) is 4.27. The van der Waals surface area contributed by atoms with Crippen LogP contribution in [0.5, 0.6) is 0 Å². The molecule has 0 unspecified atom stereocenters. The maximum atomic E-state index is 12.4. The van der Waals surface area contributed by atoms with Crippen LogP contribution in [0.15, 0.2) is 24.3 Å². The molecule has 106 valence electrons. The molecule has 7 heteroatoms. The summed E-state index contributed by atoms with van der Waals surface area (Å²) < 4.78 is 74.4. The molecule has 19 heavy (non-hydrogen) atoms. The molecule has 0 saturated heterocycles. The average molecular weight is 284 g/mol. The molecule has 0 aliphatic rings. The van der Waals surface area contributed by atoms with E-state index >= 15 is 0 Å². The summed E-state index contributed by atoms with van der Waals surface area (Å²) in [6, 6.07) is 4.78. The van der Waals surface area contributed by atoms with Crippen LogP contribution in [-0.2, 0) is 6.42 Å². The van der Waals surface area contributed by atoms with Gasteiger partial charge in [0.05, 0.1) is 0 Å². The van der Waals surface area contributed by atoms with Crippen LogP contribution in [0.25, 0.3) is 0 Å². The van der Waals surface area contributed by atoms with Crippen LogP contribution in [0.3, 0.4) is 0 Å². The minimum atomic E-state index is -5.66. The second-order valence-corrected chi connectivity index (χ2v) is 3.93. The van der Waals surface area contributed by atoms with E-state index in [0.29, 0.717) is 12.0 Å². The molecule has 0 N–H and O–H groups in total. The Labute approximate surface area is 105 Å². The van der Waals surface area contributed by atoms with E-state index in [1.807, 2.05) is 0 Å². The number of aryl methyl sites for hydroxylation is 1. The molecular weight excluding hydrogens is 274 g/mol. The van der Waals surface area contributed by atoms with E-state index in [0.717, 1.165) is 12.1 Å². The molecule has 0 amide bonds. The van der Waals surface area contributed by atoms with Gasteiger partial charge in [-0.15, -0.1) is 0 Å². The fourth-order valence-corrected chi connectivity index (χ4v) is 1.59. The van der Waals surface area contributed by atoms with Crippen LogP contribution in [0.1, 0.15) is 22.8 Å². The summed E-state index contributed by atoms with van der Waals surface area (Å²) >= 11 is 0. The van der Waals surface area contributed by atoms with Gasteiger partial charge in [-0.05, 0) is 18.1 Å². The van der Waals surface area contributed by atoms with E-state index in [2.05, 4.69) is 0 Å². The van der Waals surface area contributed by atoms with Gasteiger partial charge in [0.1, 0.15) is 0 Å². The van der Waals surface area contributed by atoms with Crippen molar-refractivity contribution in [3.8, 4) is 0 Å². The van der Waals surface area contributed by atoms with E-state index in [-0.39, 0.29) is 0 Å². The zero-order valence-electron chi connectivity index (χ0n) is 9.77. The number of rotatable bonds is 3. The minimum Gasteiger partial charge on any atom is -0.293 e. The van der Waals surface area contributed by atoms with Crippen molar-refractivity contribution in [3.63, 3.8) is 0 Å². The zero-order chi connectivity index (χ0) is 14.8. The highest BCUT2D eigenvalue weighted by Gasteiger charge is 2.60. The van der Waals surface area contributed by atoms with Crippen molar-refractivity contribution in [1.82, 2.24) is 0 Å². The van der Waals surface area contributed by atoms with Gasteiger partial charge in [0.25, 0.3) is 0 Å². The third-order valence-corrected chi connectivity index (χ3v) is 2.54. The van der Waals surface area contributed by atoms with E-state index in [9.17, 15) is 31.1 Å². The summed E-state index contributed by atoms with van der Waals surface area (Å²) in [5, 5.41) is 0. The Morgan fingerprint density at radius 2 is 1.63 bits per heavy atom. The van der Waals surface area contributed by atoms with Gasteiger partial charge >= 0.3 is 12.4 Å². The van der Waals surface area contributed by atoms with Gasteiger partial charge < -0.3 is 0 Å². The Morgan fingerprint density at radius 1 is 1.11 bits per heavy atom. The van der Waals surface area contributed by atoms with E-state index < -0.39 is 29.6 Å². The molecule has 0 aromatic heterocycles. The monoisotopic (exact) mass is 284 g/mol. The summed E-state index contributed by atoms with van der Waals surface area (Å²) in [5.41, 5.74) is -0.0899. The average Bonchev–Trinajstić information content (AvgIpc) is 2.25. The largest absolute Gasteiger partial charge is 0.407 e. The number of ketones is 1. The first-order valence-corrected chi connectivity index (χ1v) is 5.34. The first kappa shape index (κ1) is 15.5. The highest BCUT2D eigenvalue weighted by molar-refractivity contribution is 5.99. The smallest absolute Gasteiger partial charge is 0.293 e. The number of Topliss-reactive ketones (excluding diaryl/α,β-unsaturated/α-hetero) is 1. The van der Waals surface area contributed by atoms with Gasteiger partial charge in [0.2, 0.25) is 5.92 Å². The summed E-state index contributed by atoms with van der Waals surface area (Å²) in [6.45, 7) is 1.68. The van der Waals surface area contributed by atoms with Crippen LogP contribution in [0.4, 0.5) is 26.3 Å². The zero-order valence-corrected chi connectivity index (χ0v) is 9.77. The van der Waals surface area contributed by atoms with E-state index in [4.69, 9.17) is 0 Å².